The van der Waals surface area contributed by atoms with E-state index in [1.54, 1.807) is 28.2 Å². The average molecular weight is 879 g/mol. The van der Waals surface area contributed by atoms with Gasteiger partial charge in [0, 0.05) is 0 Å². The molecule has 4 aliphatic carbocycles. The summed E-state index contributed by atoms with van der Waals surface area (Å²) in [6.07, 6.45) is 8.50. The van der Waals surface area contributed by atoms with E-state index in [9.17, 15) is 0 Å². The Morgan fingerprint density at radius 1 is 0.655 bits per heavy atom. The van der Waals surface area contributed by atoms with Crippen molar-refractivity contribution in [2.75, 3.05) is 0 Å². The van der Waals surface area contributed by atoms with Gasteiger partial charge in [-0.1, -0.05) is 113 Å². The summed E-state index contributed by atoms with van der Waals surface area (Å²) in [7, 11) is 0. The number of allylic oxidation sites excluding steroid dienone is 6. The first kappa shape index (κ1) is 44.0. The first-order valence-electron chi connectivity index (χ1n) is 20.6. The Bertz CT molecular complexity index is 2430. The molecule has 0 radical (unpaired) electrons. The van der Waals surface area contributed by atoms with Gasteiger partial charge in [-0.15, -0.1) is 6.92 Å². The van der Waals surface area contributed by atoms with Crippen molar-refractivity contribution in [1.82, 2.24) is 0 Å². The van der Waals surface area contributed by atoms with Crippen molar-refractivity contribution in [1.29, 1.82) is 0 Å². The summed E-state index contributed by atoms with van der Waals surface area (Å²) in [4.78, 5) is 0. The Hall–Kier alpha value is -3.61. The number of benzene rings is 5. The fourth-order valence-electron chi connectivity index (χ4n) is 10.9. The molecule has 4 aliphatic rings. The van der Waals surface area contributed by atoms with Gasteiger partial charge >= 0.3 is 145 Å². The molecular weight excluding hydrogens is 823 g/mol. The maximum atomic E-state index is 2.62. The molecule has 0 saturated heterocycles. The zero-order valence-electron chi connectivity index (χ0n) is 35.4. The van der Waals surface area contributed by atoms with Crippen LogP contribution in [0, 0.1) is 33.5 Å². The molecule has 3 heteroatoms. The summed E-state index contributed by atoms with van der Waals surface area (Å²) in [5.74, 6) is 2.24. The average Bonchev–Trinajstić information content (AvgIpc) is 3.93. The second kappa shape index (κ2) is 16.8. The van der Waals surface area contributed by atoms with Crippen LogP contribution in [0.15, 0.2) is 168 Å². The van der Waals surface area contributed by atoms with E-state index in [-0.39, 0.29) is 46.5 Å². The molecule has 1 saturated carbocycles. The minimum absolute atomic E-state index is 0. The second-order valence-electron chi connectivity index (χ2n) is 18.1. The third-order valence-corrected chi connectivity index (χ3v) is 16.8. The van der Waals surface area contributed by atoms with Gasteiger partial charge in [0.15, 0.2) is 0 Å². The molecule has 0 amide bonds. The molecule has 0 aromatic heterocycles. The van der Waals surface area contributed by atoms with Crippen LogP contribution in [0.25, 0.3) is 27.1 Å². The van der Waals surface area contributed by atoms with Gasteiger partial charge in [0.1, 0.15) is 0 Å². The molecule has 0 N–H and O–H groups in total. The van der Waals surface area contributed by atoms with Gasteiger partial charge in [-0.05, 0) is 40.6 Å². The Kier molecular flexibility index (Phi) is 12.7. The molecule has 0 heterocycles. The van der Waals surface area contributed by atoms with Crippen LogP contribution in [0.1, 0.15) is 90.5 Å². The van der Waals surface area contributed by atoms with Crippen LogP contribution in [-0.4, -0.2) is 3.21 Å². The van der Waals surface area contributed by atoms with Gasteiger partial charge in [-0.3, -0.25) is 0 Å². The SMILES string of the molecule is C[C-]1C2=C3Cc4ccccc4C3=C3C=CCCC3C2(C)C(C)(C)C(C)(C)C1(C)C.[Cl-].[Cl-].[Zr+2]=[C](c1cccc2ccccc12)c1cccc2ccccc12.c1cc[cH-]c1. The molecule has 2 atom stereocenters. The third kappa shape index (κ3) is 6.83. The van der Waals surface area contributed by atoms with Gasteiger partial charge in [0.25, 0.3) is 0 Å². The number of rotatable bonds is 2. The molecule has 58 heavy (non-hydrogen) atoms. The van der Waals surface area contributed by atoms with Crippen LogP contribution in [0.3, 0.4) is 0 Å². The zero-order chi connectivity index (χ0) is 39.5. The standard InChI is InChI=1S/C29H37.C21H14.C5H5.2ClH.Zr/c1-18-25-22-17-19-13-9-10-14-20(19)24(22)21-15-11-12-16-23(21)29(25,8)28(6,7)27(4,5)26(18,2)3;1-3-13-20-16(7-1)9-5-11-18(20)15-19-12-6-10-17-8-2-4-14-21(17)19;1-2-4-5-3-1;;;/h9-11,13-15,23H,12,16-17H2,1-8H3;1-14H;1-5H;2*1H;/q-1;;-1;;;+2/p-2. The van der Waals surface area contributed by atoms with Crippen LogP contribution in [-0.2, 0) is 30.7 Å². The van der Waals surface area contributed by atoms with E-state index in [1.165, 1.54) is 84.1 Å². The molecule has 10 rings (SSSR count). The topological polar surface area (TPSA) is 0 Å². The fourth-order valence-corrected chi connectivity index (χ4v) is 12.0. The van der Waals surface area contributed by atoms with Crippen molar-refractivity contribution in [2.24, 2.45) is 27.6 Å². The van der Waals surface area contributed by atoms with Crippen molar-refractivity contribution >= 4 is 30.3 Å². The maximum Gasteiger partial charge on any atom is -0.172 e. The second-order valence-corrected chi connectivity index (χ2v) is 19.4. The largest absolute Gasteiger partial charge is 0.214 e. The number of halogens is 2. The van der Waals surface area contributed by atoms with Crippen LogP contribution >= 0.6 is 0 Å². The van der Waals surface area contributed by atoms with Crippen molar-refractivity contribution in [2.45, 2.75) is 74.7 Å². The predicted molar refractivity (Wildman–Crippen MR) is 237 cm³/mol. The van der Waals surface area contributed by atoms with Gasteiger partial charge in [-0.2, -0.15) is 29.3 Å². The minimum Gasteiger partial charge on any atom is -0.214 e. The monoisotopic (exact) mass is 876 g/mol. The number of fused-ring (bicyclic) bond motifs is 8. The van der Waals surface area contributed by atoms with Crippen LogP contribution in [0.4, 0.5) is 0 Å². The summed E-state index contributed by atoms with van der Waals surface area (Å²) in [5, 5.41) is 5.29. The normalized spacial score (nSPS) is 21.5. The summed E-state index contributed by atoms with van der Waals surface area (Å²) in [5.41, 5.74) is 13.0. The molecule has 6 aromatic rings. The van der Waals surface area contributed by atoms with E-state index < -0.39 is 0 Å². The molecule has 2 unspecified atom stereocenters. The van der Waals surface area contributed by atoms with E-state index in [0.29, 0.717) is 5.92 Å². The Morgan fingerprint density at radius 2 is 1.19 bits per heavy atom. The van der Waals surface area contributed by atoms with Gasteiger partial charge in [-0.25, -0.2) is 18.1 Å². The molecule has 0 bridgehead atoms. The van der Waals surface area contributed by atoms with E-state index in [4.69, 9.17) is 0 Å². The van der Waals surface area contributed by atoms with E-state index in [0.717, 1.165) is 6.42 Å². The molecule has 0 aliphatic heterocycles. The smallest absolute Gasteiger partial charge is 0.172 e. The Labute approximate surface area is 375 Å². The zero-order valence-corrected chi connectivity index (χ0v) is 39.4. The van der Waals surface area contributed by atoms with Gasteiger partial charge in [0.05, 0.1) is 0 Å². The minimum atomic E-state index is 0. The summed E-state index contributed by atoms with van der Waals surface area (Å²) >= 11 is 1.44. The predicted octanol–water partition coefficient (Wildman–Crippen LogP) is 8.49. The summed E-state index contributed by atoms with van der Waals surface area (Å²) < 4.78 is 1.42. The first-order chi connectivity index (χ1) is 26.8. The molecule has 0 spiro atoms. The van der Waals surface area contributed by atoms with Crippen molar-refractivity contribution in [3.8, 4) is 0 Å². The number of hydrogen-bond acceptors (Lipinski definition) is 0. The maximum absolute atomic E-state index is 2.62. The molecule has 296 valence electrons. The van der Waals surface area contributed by atoms with Crippen LogP contribution in [0.2, 0.25) is 0 Å². The summed E-state index contributed by atoms with van der Waals surface area (Å²) in [6.45, 7) is 20.3. The van der Waals surface area contributed by atoms with Crippen molar-refractivity contribution < 1.29 is 49.0 Å². The Balaban J connectivity index is 0.000000173. The summed E-state index contributed by atoms with van der Waals surface area (Å²) in [6, 6.07) is 49.6. The molecule has 6 aromatic carbocycles. The van der Waals surface area contributed by atoms with Gasteiger partial charge < -0.3 is 24.8 Å². The van der Waals surface area contributed by atoms with E-state index in [2.05, 4.69) is 177 Å². The first-order valence-corrected chi connectivity index (χ1v) is 21.8. The van der Waals surface area contributed by atoms with Crippen molar-refractivity contribution in [3.05, 3.63) is 197 Å². The quantitative estimate of drug-likeness (QED) is 0.153. The Morgan fingerprint density at radius 3 is 1.76 bits per heavy atom. The van der Waals surface area contributed by atoms with Gasteiger partial charge in [0.2, 0.25) is 0 Å². The fraction of sp³-hybridized carbons (Fsp3) is 0.291. The van der Waals surface area contributed by atoms with E-state index >= 15 is 0 Å². The third-order valence-electron chi connectivity index (χ3n) is 15.5. The van der Waals surface area contributed by atoms with Crippen LogP contribution < -0.4 is 24.8 Å². The molecular formula is C55H56Cl2Zr-2. The van der Waals surface area contributed by atoms with Crippen LogP contribution in [0.5, 0.6) is 0 Å². The number of hydrogen-bond donors (Lipinski definition) is 0. The molecule has 0 nitrogen and oxygen atoms in total. The molecule has 1 fully saturated rings. The van der Waals surface area contributed by atoms with E-state index in [1.807, 2.05) is 30.3 Å². The van der Waals surface area contributed by atoms with Crippen molar-refractivity contribution in [3.63, 3.8) is 0 Å².